The van der Waals surface area contributed by atoms with Gasteiger partial charge in [-0.25, -0.2) is 0 Å². The molecule has 3 aromatic rings. The topological polar surface area (TPSA) is 90.8 Å². The molecule has 1 aromatic heterocycles. The van der Waals surface area contributed by atoms with Crippen molar-refractivity contribution in [2.45, 2.75) is 20.4 Å². The molecule has 0 radical (unpaired) electrons. The number of benzene rings is 2. The lowest BCUT2D eigenvalue weighted by molar-refractivity contribution is -0.123. The van der Waals surface area contributed by atoms with E-state index in [0.717, 1.165) is 17.0 Å². The first-order valence-corrected chi connectivity index (χ1v) is 9.84. The highest BCUT2D eigenvalue weighted by Gasteiger charge is 2.14. The number of carbonyl (C=O) groups excluding carboxylic acids is 2. The van der Waals surface area contributed by atoms with Crippen LogP contribution in [0.4, 0.5) is 0 Å². The predicted octanol–water partition coefficient (Wildman–Crippen LogP) is 2.91. The van der Waals surface area contributed by atoms with E-state index in [1.54, 1.807) is 28.9 Å². The Balaban J connectivity index is 1.25. The van der Waals surface area contributed by atoms with Gasteiger partial charge in [0.2, 0.25) is 6.79 Å². The van der Waals surface area contributed by atoms with Gasteiger partial charge in [0.1, 0.15) is 5.75 Å². The zero-order valence-electron chi connectivity index (χ0n) is 17.3. The SMILES string of the molecule is Cc1ccc(C)n1NC(=O)c1ccc(OCC(=O)NCc2ccc3c(c2)OCO3)cc1. The third-order valence-electron chi connectivity index (χ3n) is 4.90. The summed E-state index contributed by atoms with van der Waals surface area (Å²) in [6.07, 6.45) is 0. The predicted molar refractivity (Wildman–Crippen MR) is 114 cm³/mol. The highest BCUT2D eigenvalue weighted by atomic mass is 16.7. The van der Waals surface area contributed by atoms with Gasteiger partial charge in [-0.3, -0.25) is 19.7 Å². The molecule has 0 saturated heterocycles. The molecule has 0 spiro atoms. The fourth-order valence-corrected chi connectivity index (χ4v) is 3.16. The van der Waals surface area contributed by atoms with Gasteiger partial charge < -0.3 is 19.5 Å². The van der Waals surface area contributed by atoms with E-state index in [1.807, 2.05) is 44.2 Å². The highest BCUT2D eigenvalue weighted by molar-refractivity contribution is 6.00. The van der Waals surface area contributed by atoms with Crippen molar-refractivity contribution in [2.75, 3.05) is 18.8 Å². The first-order valence-electron chi connectivity index (χ1n) is 9.84. The maximum atomic E-state index is 12.4. The standard InChI is InChI=1S/C23H23N3O5/c1-15-3-4-16(2)26(15)25-23(28)18-6-8-19(9-7-18)29-13-22(27)24-12-17-5-10-20-21(11-17)31-14-30-20/h3-11H,12-14H2,1-2H3,(H,24,27)(H,25,28). The lowest BCUT2D eigenvalue weighted by atomic mass is 10.2. The Morgan fingerprint density at radius 2 is 1.68 bits per heavy atom. The number of carbonyl (C=O) groups is 2. The fourth-order valence-electron chi connectivity index (χ4n) is 3.16. The van der Waals surface area contributed by atoms with Crippen molar-refractivity contribution >= 4 is 11.8 Å². The number of hydrogen-bond donors (Lipinski definition) is 2. The molecule has 2 heterocycles. The summed E-state index contributed by atoms with van der Waals surface area (Å²) in [5, 5.41) is 2.80. The van der Waals surface area contributed by atoms with Crippen LogP contribution in [0.1, 0.15) is 27.3 Å². The van der Waals surface area contributed by atoms with E-state index >= 15 is 0 Å². The number of amides is 2. The van der Waals surface area contributed by atoms with E-state index in [-0.39, 0.29) is 25.2 Å². The smallest absolute Gasteiger partial charge is 0.270 e. The molecule has 1 aliphatic heterocycles. The van der Waals surface area contributed by atoms with E-state index in [2.05, 4.69) is 10.7 Å². The minimum Gasteiger partial charge on any atom is -0.484 e. The fraction of sp³-hybridized carbons (Fsp3) is 0.217. The van der Waals surface area contributed by atoms with Gasteiger partial charge in [0, 0.05) is 23.5 Å². The summed E-state index contributed by atoms with van der Waals surface area (Å²) in [5.41, 5.74) is 6.13. The lowest BCUT2D eigenvalue weighted by Gasteiger charge is -2.12. The Labute approximate surface area is 179 Å². The second-order valence-corrected chi connectivity index (χ2v) is 7.17. The van der Waals surface area contributed by atoms with Gasteiger partial charge in [0.15, 0.2) is 18.1 Å². The van der Waals surface area contributed by atoms with Gasteiger partial charge >= 0.3 is 0 Å². The van der Waals surface area contributed by atoms with E-state index in [1.165, 1.54) is 0 Å². The van der Waals surface area contributed by atoms with Crippen LogP contribution in [0.25, 0.3) is 0 Å². The van der Waals surface area contributed by atoms with E-state index in [0.29, 0.717) is 29.4 Å². The largest absolute Gasteiger partial charge is 0.484 e. The van der Waals surface area contributed by atoms with Crippen LogP contribution in [0.5, 0.6) is 17.2 Å². The minimum atomic E-state index is -0.252. The summed E-state index contributed by atoms with van der Waals surface area (Å²) in [6.45, 7) is 4.28. The third-order valence-corrected chi connectivity index (χ3v) is 4.90. The monoisotopic (exact) mass is 421 g/mol. The molecule has 160 valence electrons. The molecule has 2 amide bonds. The van der Waals surface area contributed by atoms with Crippen molar-refractivity contribution in [3.8, 4) is 17.2 Å². The first kappa shape index (κ1) is 20.3. The molecular formula is C23H23N3O5. The molecule has 1 aliphatic rings. The van der Waals surface area contributed by atoms with Gasteiger partial charge in [0.25, 0.3) is 11.8 Å². The number of aryl methyl sites for hydroxylation is 2. The lowest BCUT2D eigenvalue weighted by Crippen LogP contribution is -2.28. The third kappa shape index (κ3) is 4.80. The van der Waals surface area contributed by atoms with Crippen LogP contribution in [0.2, 0.25) is 0 Å². The summed E-state index contributed by atoms with van der Waals surface area (Å²) in [4.78, 5) is 24.5. The summed E-state index contributed by atoms with van der Waals surface area (Å²) >= 11 is 0. The van der Waals surface area contributed by atoms with Crippen LogP contribution in [-0.2, 0) is 11.3 Å². The molecule has 2 aromatic carbocycles. The molecule has 0 bridgehead atoms. The average molecular weight is 421 g/mol. The number of fused-ring (bicyclic) bond motifs is 1. The molecule has 8 heteroatoms. The van der Waals surface area contributed by atoms with E-state index < -0.39 is 0 Å². The summed E-state index contributed by atoms with van der Waals surface area (Å²) in [6, 6.07) is 16.0. The van der Waals surface area contributed by atoms with Crippen molar-refractivity contribution in [3.05, 3.63) is 77.1 Å². The Hall–Kier alpha value is -3.94. The van der Waals surface area contributed by atoms with Crippen LogP contribution < -0.4 is 25.0 Å². The van der Waals surface area contributed by atoms with Crippen LogP contribution in [0, 0.1) is 13.8 Å². The Morgan fingerprint density at radius 1 is 0.968 bits per heavy atom. The Kier molecular flexibility index (Phi) is 5.79. The first-order chi connectivity index (χ1) is 15.0. The van der Waals surface area contributed by atoms with Crippen molar-refractivity contribution in [3.63, 3.8) is 0 Å². The van der Waals surface area contributed by atoms with Crippen molar-refractivity contribution < 1.29 is 23.8 Å². The molecular weight excluding hydrogens is 398 g/mol. The van der Waals surface area contributed by atoms with Crippen molar-refractivity contribution in [2.24, 2.45) is 0 Å². The quantitative estimate of drug-likeness (QED) is 0.612. The van der Waals surface area contributed by atoms with Gasteiger partial charge in [0.05, 0.1) is 0 Å². The number of aromatic nitrogens is 1. The number of rotatable bonds is 7. The zero-order valence-corrected chi connectivity index (χ0v) is 17.3. The van der Waals surface area contributed by atoms with E-state index in [9.17, 15) is 9.59 Å². The maximum Gasteiger partial charge on any atom is 0.270 e. The molecule has 0 fully saturated rings. The van der Waals surface area contributed by atoms with Gasteiger partial charge in [-0.05, 0) is 67.9 Å². The van der Waals surface area contributed by atoms with Crippen LogP contribution in [0.15, 0.2) is 54.6 Å². The molecule has 0 unspecified atom stereocenters. The van der Waals surface area contributed by atoms with Gasteiger partial charge in [-0.15, -0.1) is 0 Å². The van der Waals surface area contributed by atoms with Crippen molar-refractivity contribution in [1.29, 1.82) is 0 Å². The molecule has 0 aliphatic carbocycles. The van der Waals surface area contributed by atoms with Gasteiger partial charge in [-0.2, -0.15) is 0 Å². The second kappa shape index (κ2) is 8.83. The van der Waals surface area contributed by atoms with E-state index in [4.69, 9.17) is 14.2 Å². The molecule has 31 heavy (non-hydrogen) atoms. The van der Waals surface area contributed by atoms with Crippen LogP contribution in [0.3, 0.4) is 0 Å². The van der Waals surface area contributed by atoms with Gasteiger partial charge in [-0.1, -0.05) is 6.07 Å². The molecule has 8 nitrogen and oxygen atoms in total. The molecule has 2 N–H and O–H groups in total. The zero-order chi connectivity index (χ0) is 21.8. The normalized spacial score (nSPS) is 11.8. The summed E-state index contributed by atoms with van der Waals surface area (Å²) in [5.74, 6) is 1.40. The minimum absolute atomic E-state index is 0.127. The maximum absolute atomic E-state index is 12.4. The second-order valence-electron chi connectivity index (χ2n) is 7.17. The summed E-state index contributed by atoms with van der Waals surface area (Å²) in [7, 11) is 0. The number of hydrogen-bond acceptors (Lipinski definition) is 5. The van der Waals surface area contributed by atoms with Crippen LogP contribution in [-0.4, -0.2) is 29.9 Å². The van der Waals surface area contributed by atoms with Crippen LogP contribution >= 0.6 is 0 Å². The number of nitrogens with zero attached hydrogens (tertiary/aromatic N) is 1. The number of ether oxygens (including phenoxy) is 3. The number of nitrogens with one attached hydrogen (secondary N) is 2. The average Bonchev–Trinajstić information content (AvgIpc) is 3.37. The Bertz CT molecular complexity index is 1090. The highest BCUT2D eigenvalue weighted by Crippen LogP contribution is 2.32. The molecule has 0 saturated carbocycles. The summed E-state index contributed by atoms with van der Waals surface area (Å²) < 4.78 is 17.8. The Morgan fingerprint density at radius 3 is 2.42 bits per heavy atom. The molecule has 0 atom stereocenters. The molecule has 4 rings (SSSR count). The van der Waals surface area contributed by atoms with Crippen molar-refractivity contribution in [1.82, 2.24) is 9.99 Å².